The molecule has 218 valence electrons. The van der Waals surface area contributed by atoms with Crippen LogP contribution in [-0.2, 0) is 7.05 Å². The maximum atomic E-state index is 11.0. The number of nitrogens with one attached hydrogen (secondary N) is 1. The van der Waals surface area contributed by atoms with E-state index in [0.29, 0.717) is 12.0 Å². The summed E-state index contributed by atoms with van der Waals surface area (Å²) in [5.41, 5.74) is 4.62. The molecule has 4 rings (SSSR count). The van der Waals surface area contributed by atoms with Crippen molar-refractivity contribution in [2.45, 2.75) is 99.5 Å². The number of allylic oxidation sites excluding steroid dienone is 2. The van der Waals surface area contributed by atoms with Gasteiger partial charge in [0.1, 0.15) is 0 Å². The number of pyridine rings is 2. The van der Waals surface area contributed by atoms with Crippen LogP contribution in [0.1, 0.15) is 105 Å². The first kappa shape index (κ1) is 34.4. The zero-order valence-electron chi connectivity index (χ0n) is 26.2. The van der Waals surface area contributed by atoms with Gasteiger partial charge in [0.05, 0.1) is 0 Å². The Morgan fingerprint density at radius 3 is 1.74 bits per heavy atom. The van der Waals surface area contributed by atoms with Gasteiger partial charge in [0, 0.05) is 56.4 Å². The summed E-state index contributed by atoms with van der Waals surface area (Å²) in [6.45, 7) is 19.7. The van der Waals surface area contributed by atoms with Gasteiger partial charge in [0.2, 0.25) is 5.56 Å². The predicted octanol–water partition coefficient (Wildman–Crippen LogP) is 7.64. The Morgan fingerprint density at radius 1 is 0.744 bits per heavy atom. The Balaban J connectivity index is 0.000000261. The molecule has 3 heterocycles. The third-order valence-corrected chi connectivity index (χ3v) is 7.10. The number of aromatic nitrogens is 2. The standard InChI is InChI=1S/C9H13NO.C9H16.C8H11NO.C8H15N/c1-7(2)8-4-5-9(11)10(3)6-8;1-8(2)9-6-4-3-5-7-9;1-7(2)9-5-3-8(10)4-6-9;1-7(2)8-3-5-9-6-4-8/h4-7H,1-3H3;6,8H,3-5,7H2,1-2H3;3-7H,1-2H3;3,7,9H,4-6H2,1-2H3. The maximum Gasteiger partial charge on any atom is 0.250 e. The molecule has 0 spiro atoms. The molecule has 0 atom stereocenters. The van der Waals surface area contributed by atoms with Crippen molar-refractivity contribution in [2.75, 3.05) is 13.1 Å². The van der Waals surface area contributed by atoms with Gasteiger partial charge < -0.3 is 14.5 Å². The second-order valence-electron chi connectivity index (χ2n) is 11.7. The van der Waals surface area contributed by atoms with Crippen LogP contribution in [0.3, 0.4) is 0 Å². The number of nitrogens with zero attached hydrogens (tertiary/aromatic N) is 2. The highest BCUT2D eigenvalue weighted by Gasteiger charge is 2.06. The van der Waals surface area contributed by atoms with Gasteiger partial charge in [-0.2, -0.15) is 0 Å². The second kappa shape index (κ2) is 18.6. The minimum absolute atomic E-state index is 0.0504. The number of hydrogen-bond donors (Lipinski definition) is 1. The van der Waals surface area contributed by atoms with Crippen molar-refractivity contribution in [3.63, 3.8) is 0 Å². The van der Waals surface area contributed by atoms with Crippen LogP contribution in [0.4, 0.5) is 0 Å². The van der Waals surface area contributed by atoms with Gasteiger partial charge in [-0.05, 0) is 75.8 Å². The van der Waals surface area contributed by atoms with Gasteiger partial charge in [0.25, 0.3) is 0 Å². The molecule has 2 aliphatic rings. The molecular formula is C34H55N3O2. The molecule has 1 aliphatic carbocycles. The van der Waals surface area contributed by atoms with E-state index in [1.807, 2.05) is 16.8 Å². The monoisotopic (exact) mass is 537 g/mol. The molecule has 0 saturated heterocycles. The van der Waals surface area contributed by atoms with Gasteiger partial charge in [-0.3, -0.25) is 9.59 Å². The molecule has 5 heteroatoms. The zero-order valence-corrected chi connectivity index (χ0v) is 26.2. The van der Waals surface area contributed by atoms with E-state index in [1.54, 1.807) is 53.4 Å². The SMILES string of the molecule is CC(C)C1=CCCCC1.CC(C)C1=CCNCC1.CC(C)c1ccc(=O)n(C)c1.CC(C)n1ccc(=O)cc1. The first-order valence-electron chi connectivity index (χ1n) is 14.8. The van der Waals surface area contributed by atoms with E-state index in [2.05, 4.69) is 72.9 Å². The largest absolute Gasteiger partial charge is 0.352 e. The van der Waals surface area contributed by atoms with Crippen molar-refractivity contribution in [2.24, 2.45) is 18.9 Å². The fourth-order valence-corrected chi connectivity index (χ4v) is 4.28. The molecule has 1 aliphatic heterocycles. The Labute approximate surface area is 238 Å². The molecule has 5 nitrogen and oxygen atoms in total. The normalized spacial score (nSPS) is 14.9. The molecule has 0 radical (unpaired) electrons. The number of hydrogen-bond acceptors (Lipinski definition) is 3. The minimum atomic E-state index is 0.0504. The third kappa shape index (κ3) is 14.3. The Bertz CT molecular complexity index is 1080. The molecule has 0 fully saturated rings. The van der Waals surface area contributed by atoms with Crippen LogP contribution in [0.5, 0.6) is 0 Å². The first-order chi connectivity index (χ1) is 18.4. The van der Waals surface area contributed by atoms with Crippen LogP contribution >= 0.6 is 0 Å². The summed E-state index contributed by atoms with van der Waals surface area (Å²) in [6, 6.07) is 7.06. The summed E-state index contributed by atoms with van der Waals surface area (Å²) in [5, 5.41) is 3.29. The molecule has 2 aromatic rings. The Kier molecular flexibility index (Phi) is 16.4. The second-order valence-corrected chi connectivity index (χ2v) is 11.7. The van der Waals surface area contributed by atoms with Crippen molar-refractivity contribution in [1.29, 1.82) is 0 Å². The van der Waals surface area contributed by atoms with Gasteiger partial charge in [0.15, 0.2) is 5.43 Å². The van der Waals surface area contributed by atoms with Crippen molar-refractivity contribution in [1.82, 2.24) is 14.5 Å². The molecule has 1 N–H and O–H groups in total. The highest BCUT2D eigenvalue weighted by molar-refractivity contribution is 5.13. The highest BCUT2D eigenvalue weighted by atomic mass is 16.1. The van der Waals surface area contributed by atoms with Crippen LogP contribution in [0, 0.1) is 11.8 Å². The first-order valence-corrected chi connectivity index (χ1v) is 14.8. The predicted molar refractivity (Wildman–Crippen MR) is 169 cm³/mol. The summed E-state index contributed by atoms with van der Waals surface area (Å²) >= 11 is 0. The highest BCUT2D eigenvalue weighted by Crippen LogP contribution is 2.23. The lowest BCUT2D eigenvalue weighted by Gasteiger charge is -2.16. The van der Waals surface area contributed by atoms with E-state index in [0.717, 1.165) is 18.4 Å². The molecule has 0 bridgehead atoms. The Morgan fingerprint density at radius 2 is 1.36 bits per heavy atom. The van der Waals surface area contributed by atoms with Crippen LogP contribution in [-0.4, -0.2) is 22.2 Å². The minimum Gasteiger partial charge on any atom is -0.352 e. The van der Waals surface area contributed by atoms with Crippen LogP contribution in [0.25, 0.3) is 0 Å². The average molecular weight is 538 g/mol. The van der Waals surface area contributed by atoms with Gasteiger partial charge in [-0.1, -0.05) is 70.9 Å². The fourth-order valence-electron chi connectivity index (χ4n) is 4.28. The van der Waals surface area contributed by atoms with Crippen LogP contribution in [0.2, 0.25) is 0 Å². The quantitative estimate of drug-likeness (QED) is 0.408. The maximum absolute atomic E-state index is 11.0. The van der Waals surface area contributed by atoms with Crippen LogP contribution < -0.4 is 16.3 Å². The molecular weight excluding hydrogens is 482 g/mol. The molecule has 0 aromatic carbocycles. The van der Waals surface area contributed by atoms with E-state index in [-0.39, 0.29) is 11.0 Å². The smallest absolute Gasteiger partial charge is 0.250 e. The average Bonchev–Trinajstić information content (AvgIpc) is 2.92. The summed E-state index contributed by atoms with van der Waals surface area (Å²) in [4.78, 5) is 21.6. The molecule has 0 saturated carbocycles. The molecule has 39 heavy (non-hydrogen) atoms. The van der Waals surface area contributed by atoms with Crippen molar-refractivity contribution in [3.05, 3.63) is 92.3 Å². The van der Waals surface area contributed by atoms with E-state index >= 15 is 0 Å². The lowest BCUT2D eigenvalue weighted by molar-refractivity contribution is 0.595. The van der Waals surface area contributed by atoms with Crippen molar-refractivity contribution >= 4 is 0 Å². The van der Waals surface area contributed by atoms with E-state index in [9.17, 15) is 9.59 Å². The van der Waals surface area contributed by atoms with Crippen LogP contribution in [0.15, 0.2) is 75.7 Å². The van der Waals surface area contributed by atoms with Gasteiger partial charge in [-0.25, -0.2) is 0 Å². The third-order valence-electron chi connectivity index (χ3n) is 7.10. The summed E-state index contributed by atoms with van der Waals surface area (Å²) in [6.07, 6.45) is 17.0. The summed E-state index contributed by atoms with van der Waals surface area (Å²) < 4.78 is 3.59. The lowest BCUT2D eigenvalue weighted by Crippen LogP contribution is -2.21. The topological polar surface area (TPSA) is 56.0 Å². The zero-order chi connectivity index (χ0) is 29.4. The van der Waals surface area contributed by atoms with E-state index < -0.39 is 0 Å². The van der Waals surface area contributed by atoms with Gasteiger partial charge in [-0.15, -0.1) is 0 Å². The summed E-state index contributed by atoms with van der Waals surface area (Å²) in [5.74, 6) is 2.04. The Hall–Kier alpha value is -2.66. The van der Waals surface area contributed by atoms with Crippen molar-refractivity contribution < 1.29 is 0 Å². The molecule has 2 aromatic heterocycles. The number of rotatable bonds is 4. The summed E-state index contributed by atoms with van der Waals surface area (Å²) in [7, 11) is 1.77. The number of aryl methyl sites for hydroxylation is 1. The van der Waals surface area contributed by atoms with E-state index in [4.69, 9.17) is 0 Å². The van der Waals surface area contributed by atoms with E-state index in [1.165, 1.54) is 44.2 Å². The molecule has 0 unspecified atom stereocenters. The lowest BCUT2D eigenvalue weighted by atomic mass is 9.92. The van der Waals surface area contributed by atoms with Crippen molar-refractivity contribution in [3.8, 4) is 0 Å². The molecule has 0 amide bonds. The van der Waals surface area contributed by atoms with Gasteiger partial charge >= 0.3 is 0 Å². The fraction of sp³-hybridized carbons (Fsp3) is 0.588.